The van der Waals surface area contributed by atoms with Crippen LogP contribution < -0.4 is 10.1 Å². The van der Waals surface area contributed by atoms with Gasteiger partial charge in [0.2, 0.25) is 0 Å². The van der Waals surface area contributed by atoms with Gasteiger partial charge in [-0.2, -0.15) is 0 Å². The number of rotatable bonds is 9. The Kier molecular flexibility index (Phi) is 7.13. The molecule has 33 heavy (non-hydrogen) atoms. The summed E-state index contributed by atoms with van der Waals surface area (Å²) < 4.78 is 11.2. The number of hydrogen-bond donors (Lipinski definition) is 1. The summed E-state index contributed by atoms with van der Waals surface area (Å²) in [5.74, 6) is 2.33. The highest BCUT2D eigenvalue weighted by Crippen LogP contribution is 2.61. The van der Waals surface area contributed by atoms with E-state index in [2.05, 4.69) is 31.3 Å². The van der Waals surface area contributed by atoms with Gasteiger partial charge in [-0.3, -0.25) is 9.59 Å². The Hall–Kier alpha value is -2.34. The number of esters is 1. The molecule has 1 N–H and O–H groups in total. The van der Waals surface area contributed by atoms with Crippen molar-refractivity contribution in [3.63, 3.8) is 0 Å². The van der Waals surface area contributed by atoms with Gasteiger partial charge in [0.15, 0.2) is 0 Å². The number of amides is 1. The number of carbonyl (C=O) groups is 2. The van der Waals surface area contributed by atoms with Crippen molar-refractivity contribution in [3.8, 4) is 5.75 Å². The van der Waals surface area contributed by atoms with E-state index in [9.17, 15) is 9.59 Å². The predicted molar refractivity (Wildman–Crippen MR) is 133 cm³/mol. The van der Waals surface area contributed by atoms with Gasteiger partial charge in [0.25, 0.3) is 5.91 Å². The number of unbranched alkanes of at least 4 members (excludes halogenated alkanes) is 1. The quantitative estimate of drug-likeness (QED) is 0.279. The van der Waals surface area contributed by atoms with Crippen LogP contribution in [0.4, 0.5) is 0 Å². The fourth-order valence-electron chi connectivity index (χ4n) is 5.76. The number of hydrogen-bond acceptors (Lipinski definition) is 5. The van der Waals surface area contributed by atoms with Crippen molar-refractivity contribution in [1.82, 2.24) is 5.32 Å². The second kappa shape index (κ2) is 9.88. The molecule has 5 nitrogen and oxygen atoms in total. The summed E-state index contributed by atoms with van der Waals surface area (Å²) in [6.45, 7) is 4.71. The first kappa shape index (κ1) is 23.8. The zero-order valence-electron chi connectivity index (χ0n) is 20.1. The van der Waals surface area contributed by atoms with Crippen LogP contribution in [0.3, 0.4) is 0 Å². The maximum absolute atomic E-state index is 13.4. The van der Waals surface area contributed by atoms with E-state index in [1.807, 2.05) is 23.6 Å². The Morgan fingerprint density at radius 2 is 2.03 bits per heavy atom. The lowest BCUT2D eigenvalue weighted by atomic mass is 9.44. The smallest absolute Gasteiger partial charge is 0.305 e. The molecule has 3 fully saturated rings. The van der Waals surface area contributed by atoms with Crippen molar-refractivity contribution in [2.75, 3.05) is 14.2 Å². The van der Waals surface area contributed by atoms with Crippen LogP contribution in [0.25, 0.3) is 10.1 Å². The van der Waals surface area contributed by atoms with Gasteiger partial charge in [0.05, 0.1) is 19.8 Å². The molecular weight excluding hydrogens is 434 g/mol. The van der Waals surface area contributed by atoms with E-state index in [0.29, 0.717) is 18.3 Å². The molecule has 2 aromatic rings. The molecular formula is C27H35NO4S. The van der Waals surface area contributed by atoms with Crippen LogP contribution in [0.1, 0.15) is 62.7 Å². The lowest BCUT2D eigenvalue weighted by Crippen LogP contribution is -2.63. The maximum atomic E-state index is 13.4. The van der Waals surface area contributed by atoms with Gasteiger partial charge in [-0.1, -0.05) is 26.0 Å². The number of nitrogens with one attached hydrogen (secondary N) is 1. The molecule has 1 aromatic heterocycles. The van der Waals surface area contributed by atoms with E-state index in [1.54, 1.807) is 18.4 Å². The van der Waals surface area contributed by atoms with E-state index in [-0.39, 0.29) is 23.3 Å². The van der Waals surface area contributed by atoms with Crippen molar-refractivity contribution in [3.05, 3.63) is 41.3 Å². The molecule has 3 saturated carbocycles. The zero-order valence-corrected chi connectivity index (χ0v) is 20.9. The summed E-state index contributed by atoms with van der Waals surface area (Å²) in [5.41, 5.74) is 1.02. The summed E-state index contributed by atoms with van der Waals surface area (Å²) in [6, 6.07) is 6.09. The van der Waals surface area contributed by atoms with Crippen LogP contribution in [-0.4, -0.2) is 32.1 Å². The number of fused-ring (bicyclic) bond motifs is 3. The normalized spacial score (nSPS) is 25.6. The highest BCUT2D eigenvalue weighted by atomic mass is 32.1. The van der Waals surface area contributed by atoms with Gasteiger partial charge < -0.3 is 14.8 Å². The standard InChI is InChI=1S/C27H35NO4S/c1-27(2)18-13-17(9-7-5-6-8-10-24(29)32-4)25(22(27)14-18)28-26(30)21-16-33-23-12-11-19(31-3)15-20(21)23/h5,7,11-12,15-18,22,25H,6,8-10,13-14H2,1-4H3,(H,28,30)/t17-,18-,22-,25+/m0/s1. The third-order valence-electron chi connectivity index (χ3n) is 7.98. The molecule has 3 aliphatic carbocycles. The maximum Gasteiger partial charge on any atom is 0.305 e. The predicted octanol–water partition coefficient (Wildman–Crippen LogP) is 5.98. The highest BCUT2D eigenvalue weighted by Gasteiger charge is 2.57. The topological polar surface area (TPSA) is 64.6 Å². The summed E-state index contributed by atoms with van der Waals surface area (Å²) in [5, 5.41) is 6.37. The average molecular weight is 470 g/mol. The van der Waals surface area contributed by atoms with E-state index in [1.165, 1.54) is 13.5 Å². The molecule has 0 spiro atoms. The Morgan fingerprint density at radius 1 is 1.21 bits per heavy atom. The minimum absolute atomic E-state index is 0.0210. The van der Waals surface area contributed by atoms with E-state index < -0.39 is 0 Å². The molecule has 4 atom stereocenters. The fourth-order valence-corrected chi connectivity index (χ4v) is 6.68. The van der Waals surface area contributed by atoms with Crippen LogP contribution in [-0.2, 0) is 9.53 Å². The number of thiophene rings is 1. The molecule has 1 amide bonds. The monoisotopic (exact) mass is 469 g/mol. The fraction of sp³-hybridized carbons (Fsp3) is 0.556. The minimum Gasteiger partial charge on any atom is -0.497 e. The molecule has 0 saturated heterocycles. The Balaban J connectivity index is 1.44. The summed E-state index contributed by atoms with van der Waals surface area (Å²) in [6.07, 6.45) is 9.87. The summed E-state index contributed by atoms with van der Waals surface area (Å²) in [4.78, 5) is 24.7. The van der Waals surface area contributed by atoms with Gasteiger partial charge in [0, 0.05) is 27.9 Å². The van der Waals surface area contributed by atoms with Crippen LogP contribution in [0.2, 0.25) is 0 Å². The van der Waals surface area contributed by atoms with Crippen molar-refractivity contribution >= 4 is 33.3 Å². The third-order valence-corrected chi connectivity index (χ3v) is 8.95. The molecule has 178 valence electrons. The number of allylic oxidation sites excluding steroid dienone is 2. The highest BCUT2D eigenvalue weighted by molar-refractivity contribution is 7.17. The van der Waals surface area contributed by atoms with Gasteiger partial charge in [0.1, 0.15) is 5.75 Å². The molecule has 6 heteroatoms. The minimum atomic E-state index is -0.153. The molecule has 2 bridgehead atoms. The second-order valence-electron chi connectivity index (χ2n) is 10.0. The first-order chi connectivity index (χ1) is 15.8. The Morgan fingerprint density at radius 3 is 2.76 bits per heavy atom. The van der Waals surface area contributed by atoms with Crippen LogP contribution in [0, 0.1) is 23.2 Å². The van der Waals surface area contributed by atoms with Crippen LogP contribution in [0.5, 0.6) is 5.75 Å². The van der Waals surface area contributed by atoms with Crippen molar-refractivity contribution in [2.45, 2.75) is 58.4 Å². The van der Waals surface area contributed by atoms with Gasteiger partial charge in [-0.15, -0.1) is 11.3 Å². The Bertz CT molecular complexity index is 1040. The molecule has 1 heterocycles. The van der Waals surface area contributed by atoms with E-state index in [0.717, 1.165) is 53.0 Å². The molecule has 0 unspecified atom stereocenters. The molecule has 1 aromatic carbocycles. The second-order valence-corrected chi connectivity index (χ2v) is 11.0. The van der Waals surface area contributed by atoms with E-state index >= 15 is 0 Å². The average Bonchev–Trinajstić information content (AvgIpc) is 3.24. The number of benzene rings is 1. The van der Waals surface area contributed by atoms with Gasteiger partial charge in [-0.25, -0.2) is 0 Å². The summed E-state index contributed by atoms with van der Waals surface area (Å²) >= 11 is 1.60. The van der Waals surface area contributed by atoms with Crippen molar-refractivity contribution in [2.24, 2.45) is 23.2 Å². The molecule has 5 rings (SSSR count). The van der Waals surface area contributed by atoms with E-state index in [4.69, 9.17) is 9.47 Å². The first-order valence-corrected chi connectivity index (χ1v) is 12.8. The molecule has 0 aliphatic heterocycles. The van der Waals surface area contributed by atoms with Gasteiger partial charge >= 0.3 is 5.97 Å². The SMILES string of the molecule is COC(=O)CCCC=CC[C@H]1C[C@H]2C[C@@H]([C@@H]1NC(=O)c1csc3ccc(OC)cc13)C2(C)C. The van der Waals surface area contributed by atoms with Crippen LogP contribution in [0.15, 0.2) is 35.7 Å². The lowest BCUT2D eigenvalue weighted by Gasteiger charge is -2.62. The van der Waals surface area contributed by atoms with Crippen molar-refractivity contribution < 1.29 is 19.1 Å². The molecule has 0 radical (unpaired) electrons. The number of ether oxygens (including phenoxy) is 2. The van der Waals surface area contributed by atoms with Crippen LogP contribution >= 0.6 is 11.3 Å². The first-order valence-electron chi connectivity index (χ1n) is 11.9. The van der Waals surface area contributed by atoms with Gasteiger partial charge in [-0.05, 0) is 73.5 Å². The number of methoxy groups -OCH3 is 2. The summed E-state index contributed by atoms with van der Waals surface area (Å²) in [7, 11) is 3.08. The third kappa shape index (κ3) is 4.81. The zero-order chi connectivity index (χ0) is 23.6. The number of carbonyl (C=O) groups excluding carboxylic acids is 2. The largest absolute Gasteiger partial charge is 0.497 e. The Labute approximate surface area is 200 Å². The molecule has 3 aliphatic rings. The van der Waals surface area contributed by atoms with Crippen molar-refractivity contribution in [1.29, 1.82) is 0 Å². The lowest BCUT2D eigenvalue weighted by molar-refractivity contribution is -0.140.